The molecule has 0 saturated heterocycles. The highest BCUT2D eigenvalue weighted by Crippen LogP contribution is 2.20. The minimum absolute atomic E-state index is 0.390. The van der Waals surface area contributed by atoms with Gasteiger partial charge in [0.05, 0.1) is 19.3 Å². The third-order valence-corrected chi connectivity index (χ3v) is 3.20. The van der Waals surface area contributed by atoms with Gasteiger partial charge in [0, 0.05) is 32.4 Å². The maximum absolute atomic E-state index is 11.9. The third-order valence-electron chi connectivity index (χ3n) is 3.20. The Morgan fingerprint density at radius 3 is 2.62 bits per heavy atom. The standard InChI is InChI=1S/C16H26N2O3/c1-12(2)10-18(8-9-20-3)11-13-6-5-7-14(17)15(13)16(19)21-4/h5-7,12H,8-11,17H2,1-4H3. The minimum atomic E-state index is -0.390. The largest absolute Gasteiger partial charge is 0.465 e. The lowest BCUT2D eigenvalue weighted by atomic mass is 10.0. The van der Waals surface area contributed by atoms with Crippen molar-refractivity contribution in [3.8, 4) is 0 Å². The van der Waals surface area contributed by atoms with Gasteiger partial charge in [0.2, 0.25) is 0 Å². The molecule has 0 aliphatic rings. The van der Waals surface area contributed by atoms with E-state index in [0.717, 1.165) is 18.7 Å². The van der Waals surface area contributed by atoms with Crippen LogP contribution in [0.2, 0.25) is 0 Å². The van der Waals surface area contributed by atoms with Crippen LogP contribution in [0.1, 0.15) is 29.8 Å². The normalized spacial score (nSPS) is 11.1. The summed E-state index contributed by atoms with van der Waals surface area (Å²) >= 11 is 0. The number of carbonyl (C=O) groups is 1. The fourth-order valence-electron chi connectivity index (χ4n) is 2.32. The molecule has 118 valence electrons. The topological polar surface area (TPSA) is 64.8 Å². The van der Waals surface area contributed by atoms with Crippen molar-refractivity contribution in [2.24, 2.45) is 5.92 Å². The van der Waals surface area contributed by atoms with Crippen LogP contribution in [0, 0.1) is 5.92 Å². The molecule has 0 unspecified atom stereocenters. The van der Waals surface area contributed by atoms with E-state index in [4.69, 9.17) is 15.2 Å². The lowest BCUT2D eigenvalue weighted by Gasteiger charge is -2.25. The maximum Gasteiger partial charge on any atom is 0.340 e. The summed E-state index contributed by atoms with van der Waals surface area (Å²) < 4.78 is 10.00. The lowest BCUT2D eigenvalue weighted by molar-refractivity contribution is 0.0599. The average molecular weight is 294 g/mol. The van der Waals surface area contributed by atoms with E-state index in [1.165, 1.54) is 7.11 Å². The van der Waals surface area contributed by atoms with Gasteiger partial charge in [-0.2, -0.15) is 0 Å². The van der Waals surface area contributed by atoms with E-state index in [0.29, 0.717) is 30.3 Å². The molecule has 0 fully saturated rings. The number of anilines is 1. The quantitative estimate of drug-likeness (QED) is 0.588. The van der Waals surface area contributed by atoms with Crippen LogP contribution in [-0.4, -0.2) is 44.8 Å². The minimum Gasteiger partial charge on any atom is -0.465 e. The van der Waals surface area contributed by atoms with E-state index >= 15 is 0 Å². The Morgan fingerprint density at radius 1 is 1.33 bits per heavy atom. The molecule has 1 aromatic carbocycles. The second-order valence-electron chi connectivity index (χ2n) is 5.49. The molecule has 21 heavy (non-hydrogen) atoms. The van der Waals surface area contributed by atoms with Gasteiger partial charge in [-0.05, 0) is 17.5 Å². The Hall–Kier alpha value is -1.59. The first-order chi connectivity index (χ1) is 9.99. The third kappa shape index (κ3) is 5.36. The number of hydrogen-bond acceptors (Lipinski definition) is 5. The molecule has 0 aliphatic carbocycles. The van der Waals surface area contributed by atoms with Crippen LogP contribution < -0.4 is 5.73 Å². The van der Waals surface area contributed by atoms with Gasteiger partial charge in [0.1, 0.15) is 0 Å². The number of carbonyl (C=O) groups excluding carboxylic acids is 1. The summed E-state index contributed by atoms with van der Waals surface area (Å²) in [5.41, 5.74) is 7.74. The number of rotatable bonds is 8. The monoisotopic (exact) mass is 294 g/mol. The highest BCUT2D eigenvalue weighted by atomic mass is 16.5. The van der Waals surface area contributed by atoms with Gasteiger partial charge in [0.25, 0.3) is 0 Å². The van der Waals surface area contributed by atoms with Crippen LogP contribution in [0.5, 0.6) is 0 Å². The molecule has 0 aliphatic heterocycles. The fourth-order valence-corrected chi connectivity index (χ4v) is 2.32. The summed E-state index contributed by atoms with van der Waals surface area (Å²) in [5.74, 6) is 0.142. The molecule has 0 saturated carbocycles. The average Bonchev–Trinajstić information content (AvgIpc) is 2.43. The Labute approximate surface area is 127 Å². The smallest absolute Gasteiger partial charge is 0.340 e. The number of nitrogens with two attached hydrogens (primary N) is 1. The zero-order valence-corrected chi connectivity index (χ0v) is 13.4. The molecule has 0 spiro atoms. The van der Waals surface area contributed by atoms with Gasteiger partial charge in [-0.1, -0.05) is 26.0 Å². The van der Waals surface area contributed by atoms with Crippen molar-refractivity contribution < 1.29 is 14.3 Å². The van der Waals surface area contributed by atoms with Crippen molar-refractivity contribution in [3.63, 3.8) is 0 Å². The first-order valence-electron chi connectivity index (χ1n) is 7.16. The van der Waals surface area contributed by atoms with Crippen molar-refractivity contribution in [1.29, 1.82) is 0 Å². The molecule has 0 atom stereocenters. The van der Waals surface area contributed by atoms with Crippen molar-refractivity contribution in [1.82, 2.24) is 4.90 Å². The zero-order chi connectivity index (χ0) is 15.8. The molecule has 0 radical (unpaired) electrons. The van der Waals surface area contributed by atoms with E-state index < -0.39 is 0 Å². The number of hydrogen-bond donors (Lipinski definition) is 1. The molecule has 1 aromatic rings. The summed E-state index contributed by atoms with van der Waals surface area (Å²) in [6.45, 7) is 7.38. The molecule has 0 aromatic heterocycles. The molecule has 5 heteroatoms. The highest BCUT2D eigenvalue weighted by Gasteiger charge is 2.18. The van der Waals surface area contributed by atoms with E-state index in [1.54, 1.807) is 13.2 Å². The Morgan fingerprint density at radius 2 is 2.05 bits per heavy atom. The second-order valence-corrected chi connectivity index (χ2v) is 5.49. The summed E-state index contributed by atoms with van der Waals surface area (Å²) in [7, 11) is 3.06. The predicted octanol–water partition coefficient (Wildman–Crippen LogP) is 2.16. The summed E-state index contributed by atoms with van der Waals surface area (Å²) in [5, 5.41) is 0. The van der Waals surface area contributed by atoms with Crippen LogP contribution >= 0.6 is 0 Å². The Kier molecular flexibility index (Phi) is 7.19. The lowest BCUT2D eigenvalue weighted by Crippen LogP contribution is -2.31. The number of nitrogens with zero attached hydrogens (tertiary/aromatic N) is 1. The number of esters is 1. The first kappa shape index (κ1) is 17.5. The van der Waals surface area contributed by atoms with Gasteiger partial charge in [-0.15, -0.1) is 0 Å². The van der Waals surface area contributed by atoms with Gasteiger partial charge < -0.3 is 15.2 Å². The number of benzene rings is 1. The molecule has 1 rings (SSSR count). The first-order valence-corrected chi connectivity index (χ1v) is 7.16. The van der Waals surface area contributed by atoms with Crippen LogP contribution in [-0.2, 0) is 16.0 Å². The van der Waals surface area contributed by atoms with Gasteiger partial charge >= 0.3 is 5.97 Å². The summed E-state index contributed by atoms with van der Waals surface area (Å²) in [6.07, 6.45) is 0. The van der Waals surface area contributed by atoms with Crippen molar-refractivity contribution in [3.05, 3.63) is 29.3 Å². The number of methoxy groups -OCH3 is 2. The van der Waals surface area contributed by atoms with Crippen LogP contribution in [0.3, 0.4) is 0 Å². The highest BCUT2D eigenvalue weighted by molar-refractivity contribution is 5.96. The summed E-state index contributed by atoms with van der Waals surface area (Å²) in [4.78, 5) is 14.2. The summed E-state index contributed by atoms with van der Waals surface area (Å²) in [6, 6.07) is 5.50. The number of ether oxygens (including phenoxy) is 2. The van der Waals surface area contributed by atoms with Gasteiger partial charge in [-0.25, -0.2) is 4.79 Å². The zero-order valence-electron chi connectivity index (χ0n) is 13.4. The van der Waals surface area contributed by atoms with Crippen LogP contribution in [0.15, 0.2) is 18.2 Å². The van der Waals surface area contributed by atoms with Crippen molar-refractivity contribution in [2.45, 2.75) is 20.4 Å². The Bertz CT molecular complexity index is 461. The number of nitrogen functional groups attached to an aromatic ring is 1. The predicted molar refractivity (Wildman–Crippen MR) is 84.2 cm³/mol. The molecule has 0 heterocycles. The fraction of sp³-hybridized carbons (Fsp3) is 0.562. The molecule has 2 N–H and O–H groups in total. The van der Waals surface area contributed by atoms with E-state index in [2.05, 4.69) is 18.7 Å². The molecule has 0 bridgehead atoms. The van der Waals surface area contributed by atoms with Crippen LogP contribution in [0.25, 0.3) is 0 Å². The molecular formula is C16H26N2O3. The van der Waals surface area contributed by atoms with Crippen molar-refractivity contribution in [2.75, 3.05) is 39.6 Å². The van der Waals surface area contributed by atoms with Crippen molar-refractivity contribution >= 4 is 11.7 Å². The van der Waals surface area contributed by atoms with Gasteiger partial charge in [-0.3, -0.25) is 4.90 Å². The molecule has 5 nitrogen and oxygen atoms in total. The van der Waals surface area contributed by atoms with E-state index in [-0.39, 0.29) is 5.97 Å². The van der Waals surface area contributed by atoms with E-state index in [9.17, 15) is 4.79 Å². The second kappa shape index (κ2) is 8.64. The molecular weight excluding hydrogens is 268 g/mol. The SMILES string of the molecule is COCCN(Cc1cccc(N)c1C(=O)OC)CC(C)C. The van der Waals surface area contributed by atoms with Crippen LogP contribution in [0.4, 0.5) is 5.69 Å². The Balaban J connectivity index is 2.96. The van der Waals surface area contributed by atoms with E-state index in [1.807, 2.05) is 12.1 Å². The van der Waals surface area contributed by atoms with Gasteiger partial charge in [0.15, 0.2) is 0 Å². The molecule has 0 amide bonds. The maximum atomic E-state index is 11.9.